The van der Waals surface area contributed by atoms with Crippen LogP contribution in [-0.4, -0.2) is 81.2 Å². The third-order valence-corrected chi connectivity index (χ3v) is 4.33. The van der Waals surface area contributed by atoms with Gasteiger partial charge in [0.05, 0.1) is 18.6 Å². The molecule has 0 aliphatic rings. The Balaban J connectivity index is 5.36. The Kier molecular flexibility index (Phi) is 11.9. The van der Waals surface area contributed by atoms with Crippen LogP contribution in [0.25, 0.3) is 0 Å². The van der Waals surface area contributed by atoms with E-state index < -0.39 is 84.6 Å². The standard InChI is InChI=1S/C18H31N5O9/c1-7(2)13(16(29)21-10(18(31)32)4-5-12(26)27)22-17(30)14(8(3)24)23-15(28)9(19)6-11(20)25/h7-10,13-14,24H,4-6,19H2,1-3H3,(H2,20,25)(H,21,29)(H,22,30)(H,23,28)(H,26,27)(H,31,32). The molecule has 0 saturated heterocycles. The first-order valence-corrected chi connectivity index (χ1v) is 9.75. The summed E-state index contributed by atoms with van der Waals surface area (Å²) in [5.74, 6) is -6.89. The van der Waals surface area contributed by atoms with Crippen molar-refractivity contribution in [2.75, 3.05) is 0 Å². The van der Waals surface area contributed by atoms with Gasteiger partial charge in [-0.2, -0.15) is 0 Å². The molecule has 0 aromatic carbocycles. The number of nitrogens with two attached hydrogens (primary N) is 2. The number of rotatable bonds is 14. The number of nitrogens with one attached hydrogen (secondary N) is 3. The van der Waals surface area contributed by atoms with Crippen molar-refractivity contribution in [3.63, 3.8) is 0 Å². The van der Waals surface area contributed by atoms with Gasteiger partial charge < -0.3 is 42.7 Å². The molecule has 0 aliphatic carbocycles. The topological polar surface area (TPSA) is 251 Å². The second-order valence-electron chi connectivity index (χ2n) is 7.57. The number of hydrogen-bond donors (Lipinski definition) is 8. The number of primary amides is 1. The lowest BCUT2D eigenvalue weighted by Gasteiger charge is -2.28. The zero-order valence-electron chi connectivity index (χ0n) is 18.0. The summed E-state index contributed by atoms with van der Waals surface area (Å²) in [6.45, 7) is 4.30. The molecule has 182 valence electrons. The van der Waals surface area contributed by atoms with Crippen LogP contribution in [0.15, 0.2) is 0 Å². The van der Waals surface area contributed by atoms with E-state index in [-0.39, 0.29) is 6.42 Å². The maximum absolute atomic E-state index is 12.6. The van der Waals surface area contributed by atoms with E-state index in [4.69, 9.17) is 16.6 Å². The van der Waals surface area contributed by atoms with Gasteiger partial charge in [0.2, 0.25) is 23.6 Å². The molecule has 0 spiro atoms. The van der Waals surface area contributed by atoms with Crippen molar-refractivity contribution in [3.8, 4) is 0 Å². The van der Waals surface area contributed by atoms with Crippen LogP contribution in [0.5, 0.6) is 0 Å². The number of hydrogen-bond acceptors (Lipinski definition) is 8. The van der Waals surface area contributed by atoms with E-state index in [0.29, 0.717) is 0 Å². The molecule has 10 N–H and O–H groups in total. The Morgan fingerprint density at radius 1 is 0.844 bits per heavy atom. The van der Waals surface area contributed by atoms with Gasteiger partial charge in [0, 0.05) is 6.42 Å². The summed E-state index contributed by atoms with van der Waals surface area (Å²) in [4.78, 5) is 70.1. The molecule has 0 fully saturated rings. The summed E-state index contributed by atoms with van der Waals surface area (Å²) in [5, 5.41) is 34.5. The third-order valence-electron chi connectivity index (χ3n) is 4.33. The highest BCUT2D eigenvalue weighted by atomic mass is 16.4. The summed E-state index contributed by atoms with van der Waals surface area (Å²) in [6, 6.07) is -5.68. The number of carboxylic acid groups (broad SMARTS) is 2. The fraction of sp³-hybridized carbons (Fsp3) is 0.667. The van der Waals surface area contributed by atoms with Crippen LogP contribution in [0.4, 0.5) is 0 Å². The van der Waals surface area contributed by atoms with E-state index in [1.807, 2.05) is 0 Å². The molecule has 5 atom stereocenters. The molecule has 0 rings (SSSR count). The lowest BCUT2D eigenvalue weighted by Crippen LogP contribution is -2.61. The average Bonchev–Trinajstić information content (AvgIpc) is 2.65. The first-order chi connectivity index (χ1) is 14.7. The molecule has 32 heavy (non-hydrogen) atoms. The van der Waals surface area contributed by atoms with Gasteiger partial charge in [0.1, 0.15) is 18.1 Å². The fourth-order valence-electron chi connectivity index (χ4n) is 2.54. The second kappa shape index (κ2) is 13.2. The van der Waals surface area contributed by atoms with E-state index in [9.17, 15) is 39.0 Å². The molecule has 0 saturated carbocycles. The minimum Gasteiger partial charge on any atom is -0.481 e. The van der Waals surface area contributed by atoms with Crippen LogP contribution in [0.1, 0.15) is 40.0 Å². The van der Waals surface area contributed by atoms with Gasteiger partial charge in [-0.25, -0.2) is 4.79 Å². The predicted molar refractivity (Wildman–Crippen MR) is 109 cm³/mol. The van der Waals surface area contributed by atoms with E-state index in [2.05, 4.69) is 16.0 Å². The summed E-state index contributed by atoms with van der Waals surface area (Å²) < 4.78 is 0. The van der Waals surface area contributed by atoms with Crippen molar-refractivity contribution in [2.45, 2.75) is 70.3 Å². The Labute approximate surface area is 184 Å². The van der Waals surface area contributed by atoms with Crippen LogP contribution < -0.4 is 27.4 Å². The smallest absolute Gasteiger partial charge is 0.326 e. The van der Waals surface area contributed by atoms with Crippen molar-refractivity contribution >= 4 is 35.6 Å². The summed E-state index contributed by atoms with van der Waals surface area (Å²) in [7, 11) is 0. The SMILES string of the molecule is CC(C)C(NC(=O)C(NC(=O)C(N)CC(N)=O)C(C)O)C(=O)NC(CCC(=O)O)C(=O)O. The highest BCUT2D eigenvalue weighted by Gasteiger charge is 2.33. The van der Waals surface area contributed by atoms with Crippen molar-refractivity contribution < 1.29 is 44.1 Å². The lowest BCUT2D eigenvalue weighted by atomic mass is 10.0. The lowest BCUT2D eigenvalue weighted by molar-refractivity contribution is -0.143. The van der Waals surface area contributed by atoms with Gasteiger partial charge in [0.25, 0.3) is 0 Å². The minimum atomic E-state index is -1.54. The molecule has 0 bridgehead atoms. The number of aliphatic hydroxyl groups is 1. The maximum atomic E-state index is 12.6. The zero-order chi connectivity index (χ0) is 25.2. The third kappa shape index (κ3) is 10.2. The molecule has 0 aliphatic heterocycles. The van der Waals surface area contributed by atoms with Gasteiger partial charge in [-0.15, -0.1) is 0 Å². The highest BCUT2D eigenvalue weighted by molar-refractivity contribution is 5.95. The van der Waals surface area contributed by atoms with Crippen molar-refractivity contribution in [1.29, 1.82) is 0 Å². The van der Waals surface area contributed by atoms with E-state index in [1.165, 1.54) is 6.92 Å². The molecule has 0 aromatic rings. The maximum Gasteiger partial charge on any atom is 0.326 e. The van der Waals surface area contributed by atoms with Gasteiger partial charge >= 0.3 is 11.9 Å². The fourth-order valence-corrected chi connectivity index (χ4v) is 2.54. The molecule has 0 aromatic heterocycles. The quantitative estimate of drug-likeness (QED) is 0.127. The Hall–Kier alpha value is -3.26. The van der Waals surface area contributed by atoms with Gasteiger partial charge in [-0.1, -0.05) is 13.8 Å². The van der Waals surface area contributed by atoms with Crippen LogP contribution in [0.2, 0.25) is 0 Å². The molecule has 0 heterocycles. The average molecular weight is 461 g/mol. The number of carboxylic acids is 2. The number of carbonyl (C=O) groups excluding carboxylic acids is 4. The molecule has 4 amide bonds. The van der Waals surface area contributed by atoms with Crippen LogP contribution in [0, 0.1) is 5.92 Å². The first-order valence-electron chi connectivity index (χ1n) is 9.75. The van der Waals surface area contributed by atoms with Crippen LogP contribution in [0.3, 0.4) is 0 Å². The van der Waals surface area contributed by atoms with Gasteiger partial charge in [-0.3, -0.25) is 24.0 Å². The second-order valence-corrected chi connectivity index (χ2v) is 7.57. The number of amides is 4. The predicted octanol–water partition coefficient (Wildman–Crippen LogP) is -3.37. The Morgan fingerprint density at radius 3 is 1.75 bits per heavy atom. The highest BCUT2D eigenvalue weighted by Crippen LogP contribution is 2.07. The number of aliphatic carboxylic acids is 2. The normalized spacial score (nSPS) is 15.6. The van der Waals surface area contributed by atoms with Crippen molar-refractivity contribution in [1.82, 2.24) is 16.0 Å². The largest absolute Gasteiger partial charge is 0.481 e. The van der Waals surface area contributed by atoms with Crippen molar-refractivity contribution in [2.24, 2.45) is 17.4 Å². The number of carbonyl (C=O) groups is 6. The summed E-state index contributed by atoms with van der Waals surface area (Å²) in [5.41, 5.74) is 10.5. The zero-order valence-corrected chi connectivity index (χ0v) is 18.0. The molecule has 0 radical (unpaired) electrons. The molecule has 14 heteroatoms. The van der Waals surface area contributed by atoms with E-state index >= 15 is 0 Å². The molecular weight excluding hydrogens is 430 g/mol. The first kappa shape index (κ1) is 28.7. The van der Waals surface area contributed by atoms with Gasteiger partial charge in [-0.05, 0) is 19.3 Å². The summed E-state index contributed by atoms with van der Waals surface area (Å²) >= 11 is 0. The number of aliphatic hydroxyl groups excluding tert-OH is 1. The Bertz CT molecular complexity index is 726. The molecule has 14 nitrogen and oxygen atoms in total. The summed E-state index contributed by atoms with van der Waals surface area (Å²) in [6.07, 6.45) is -2.79. The van der Waals surface area contributed by atoms with Gasteiger partial charge in [0.15, 0.2) is 0 Å². The van der Waals surface area contributed by atoms with E-state index in [1.54, 1.807) is 13.8 Å². The van der Waals surface area contributed by atoms with Crippen LogP contribution in [-0.2, 0) is 28.8 Å². The van der Waals surface area contributed by atoms with Crippen LogP contribution >= 0.6 is 0 Å². The van der Waals surface area contributed by atoms with E-state index in [0.717, 1.165) is 0 Å². The Morgan fingerprint density at radius 2 is 1.34 bits per heavy atom. The minimum absolute atomic E-state index is 0.376. The molecule has 5 unspecified atom stereocenters. The molecular formula is C18H31N5O9. The monoisotopic (exact) mass is 461 g/mol. The van der Waals surface area contributed by atoms with Crippen molar-refractivity contribution in [3.05, 3.63) is 0 Å².